The van der Waals surface area contributed by atoms with E-state index in [1.807, 2.05) is 6.07 Å². The molecule has 2 aromatic carbocycles. The topological polar surface area (TPSA) is 12.0 Å². The molecule has 0 spiro atoms. The summed E-state index contributed by atoms with van der Waals surface area (Å²) in [5.41, 5.74) is 4.20. The largest absolute Gasteiger partial charge is 0.312 e. The van der Waals surface area contributed by atoms with Gasteiger partial charge < -0.3 is 5.32 Å². The lowest BCUT2D eigenvalue weighted by molar-refractivity contribution is 0.589. The lowest BCUT2D eigenvalue weighted by atomic mass is 9.87. The third-order valence-electron chi connectivity index (χ3n) is 3.72. The fourth-order valence-electron chi connectivity index (χ4n) is 2.28. The fraction of sp³-hybridized carbons (Fsp3) is 0.368. The van der Waals surface area contributed by atoms with E-state index in [4.69, 9.17) is 11.6 Å². The smallest absolute Gasteiger partial charge is 0.0548 e. The number of nitrogens with one attached hydrogen (secondary N) is 1. The first-order valence-corrected chi connectivity index (χ1v) is 8.77. The monoisotopic (exact) mass is 379 g/mol. The van der Waals surface area contributed by atoms with Gasteiger partial charge in [-0.3, -0.25) is 0 Å². The van der Waals surface area contributed by atoms with Crippen molar-refractivity contribution in [1.82, 2.24) is 5.32 Å². The van der Waals surface area contributed by atoms with Gasteiger partial charge in [-0.05, 0) is 63.1 Å². The zero-order valence-electron chi connectivity index (χ0n) is 13.4. The lowest BCUT2D eigenvalue weighted by Gasteiger charge is -2.19. The van der Waals surface area contributed by atoms with Gasteiger partial charge in [0, 0.05) is 11.0 Å². The Morgan fingerprint density at radius 2 is 1.64 bits per heavy atom. The molecular formula is C19H23BrClN. The number of halogens is 2. The summed E-state index contributed by atoms with van der Waals surface area (Å²) in [6, 6.07) is 15.0. The van der Waals surface area contributed by atoms with Crippen molar-refractivity contribution in [2.24, 2.45) is 0 Å². The minimum atomic E-state index is 0.216. The number of hydrogen-bond donors (Lipinski definition) is 1. The van der Waals surface area contributed by atoms with Gasteiger partial charge in [-0.2, -0.15) is 0 Å². The van der Waals surface area contributed by atoms with Gasteiger partial charge in [0.05, 0.1) is 5.02 Å². The SMILES string of the molecule is CC(C)(C)c1ccc(CNCCc2ccc(Cl)c(Br)c2)cc1. The molecule has 2 aromatic rings. The van der Waals surface area contributed by atoms with E-state index in [1.165, 1.54) is 16.7 Å². The van der Waals surface area contributed by atoms with E-state index in [0.29, 0.717) is 0 Å². The van der Waals surface area contributed by atoms with E-state index in [0.717, 1.165) is 29.0 Å². The average molecular weight is 381 g/mol. The van der Waals surface area contributed by atoms with Crippen molar-refractivity contribution < 1.29 is 0 Å². The Bertz CT molecular complexity index is 614. The van der Waals surface area contributed by atoms with Crippen molar-refractivity contribution in [1.29, 1.82) is 0 Å². The highest BCUT2D eigenvalue weighted by Crippen LogP contribution is 2.23. The molecule has 0 radical (unpaired) electrons. The first-order chi connectivity index (χ1) is 10.4. The van der Waals surface area contributed by atoms with Crippen LogP contribution in [-0.4, -0.2) is 6.54 Å². The van der Waals surface area contributed by atoms with Crippen molar-refractivity contribution in [3.63, 3.8) is 0 Å². The highest BCUT2D eigenvalue weighted by Gasteiger charge is 2.12. The second-order valence-corrected chi connectivity index (χ2v) is 7.88. The van der Waals surface area contributed by atoms with Crippen molar-refractivity contribution in [2.75, 3.05) is 6.54 Å². The second-order valence-electron chi connectivity index (χ2n) is 6.62. The highest BCUT2D eigenvalue weighted by atomic mass is 79.9. The molecule has 0 atom stereocenters. The molecule has 0 bridgehead atoms. The molecule has 0 saturated carbocycles. The van der Waals surface area contributed by atoms with Crippen LogP contribution < -0.4 is 5.32 Å². The van der Waals surface area contributed by atoms with Crippen LogP contribution in [0.4, 0.5) is 0 Å². The van der Waals surface area contributed by atoms with Crippen molar-refractivity contribution >= 4 is 27.5 Å². The Morgan fingerprint density at radius 3 is 2.23 bits per heavy atom. The van der Waals surface area contributed by atoms with Crippen LogP contribution >= 0.6 is 27.5 Å². The molecule has 0 aliphatic heterocycles. The molecule has 118 valence electrons. The summed E-state index contributed by atoms with van der Waals surface area (Å²) in [6.07, 6.45) is 0.996. The molecule has 0 unspecified atom stereocenters. The second kappa shape index (κ2) is 7.63. The Balaban J connectivity index is 1.80. The fourth-order valence-corrected chi connectivity index (χ4v) is 2.83. The molecule has 0 amide bonds. The summed E-state index contributed by atoms with van der Waals surface area (Å²) in [7, 11) is 0. The molecule has 0 aliphatic rings. The van der Waals surface area contributed by atoms with Gasteiger partial charge in [0.15, 0.2) is 0 Å². The van der Waals surface area contributed by atoms with Gasteiger partial charge in [0.2, 0.25) is 0 Å². The molecule has 2 rings (SSSR count). The van der Waals surface area contributed by atoms with E-state index < -0.39 is 0 Å². The molecule has 1 N–H and O–H groups in total. The van der Waals surface area contributed by atoms with Crippen LogP contribution in [0, 0.1) is 0 Å². The minimum absolute atomic E-state index is 0.216. The minimum Gasteiger partial charge on any atom is -0.312 e. The lowest BCUT2D eigenvalue weighted by Crippen LogP contribution is -2.17. The third-order valence-corrected chi connectivity index (χ3v) is 4.94. The normalized spacial score (nSPS) is 11.7. The van der Waals surface area contributed by atoms with Crippen LogP contribution in [0.5, 0.6) is 0 Å². The standard InChI is InChI=1S/C19H23BrClN/c1-19(2,3)16-7-4-15(5-8-16)13-22-11-10-14-6-9-18(21)17(20)12-14/h4-9,12,22H,10-11,13H2,1-3H3. The van der Waals surface area contributed by atoms with Gasteiger partial charge in [-0.1, -0.05) is 62.7 Å². The number of benzene rings is 2. The molecule has 0 saturated heterocycles. The number of hydrogen-bond acceptors (Lipinski definition) is 1. The predicted octanol–water partition coefficient (Wildman–Crippen LogP) is 5.73. The van der Waals surface area contributed by atoms with Gasteiger partial charge in [0.25, 0.3) is 0 Å². The van der Waals surface area contributed by atoms with E-state index in [1.54, 1.807) is 0 Å². The Morgan fingerprint density at radius 1 is 1.00 bits per heavy atom. The summed E-state index contributed by atoms with van der Waals surface area (Å²) in [4.78, 5) is 0. The molecule has 22 heavy (non-hydrogen) atoms. The van der Waals surface area contributed by atoms with E-state index in [2.05, 4.69) is 78.4 Å². The van der Waals surface area contributed by atoms with Gasteiger partial charge >= 0.3 is 0 Å². The van der Waals surface area contributed by atoms with Crippen molar-refractivity contribution in [3.05, 3.63) is 68.7 Å². The molecular weight excluding hydrogens is 358 g/mol. The predicted molar refractivity (Wildman–Crippen MR) is 99.7 cm³/mol. The summed E-state index contributed by atoms with van der Waals surface area (Å²) >= 11 is 9.47. The maximum absolute atomic E-state index is 6.00. The first-order valence-electron chi connectivity index (χ1n) is 7.60. The van der Waals surface area contributed by atoms with Crippen LogP contribution in [0.3, 0.4) is 0 Å². The molecule has 0 aliphatic carbocycles. The zero-order valence-corrected chi connectivity index (χ0v) is 15.8. The Hall–Kier alpha value is -0.830. The van der Waals surface area contributed by atoms with Crippen LogP contribution in [-0.2, 0) is 18.4 Å². The quantitative estimate of drug-likeness (QED) is 0.653. The van der Waals surface area contributed by atoms with Crippen LogP contribution in [0.2, 0.25) is 5.02 Å². The Kier molecular flexibility index (Phi) is 6.08. The molecule has 0 fully saturated rings. The molecule has 3 heteroatoms. The van der Waals surface area contributed by atoms with Gasteiger partial charge in [-0.25, -0.2) is 0 Å². The van der Waals surface area contributed by atoms with Crippen LogP contribution in [0.1, 0.15) is 37.5 Å². The summed E-state index contributed by atoms with van der Waals surface area (Å²) in [6.45, 7) is 8.58. The first kappa shape index (κ1) is 17.5. The molecule has 0 heterocycles. The summed E-state index contributed by atoms with van der Waals surface area (Å²) in [5.74, 6) is 0. The van der Waals surface area contributed by atoms with E-state index >= 15 is 0 Å². The summed E-state index contributed by atoms with van der Waals surface area (Å²) < 4.78 is 0.962. The number of rotatable bonds is 5. The van der Waals surface area contributed by atoms with Crippen LogP contribution in [0.15, 0.2) is 46.9 Å². The van der Waals surface area contributed by atoms with E-state index in [9.17, 15) is 0 Å². The highest BCUT2D eigenvalue weighted by molar-refractivity contribution is 9.10. The van der Waals surface area contributed by atoms with E-state index in [-0.39, 0.29) is 5.41 Å². The van der Waals surface area contributed by atoms with Crippen molar-refractivity contribution in [2.45, 2.75) is 39.2 Å². The average Bonchev–Trinajstić information content (AvgIpc) is 2.47. The van der Waals surface area contributed by atoms with Gasteiger partial charge in [0.1, 0.15) is 0 Å². The maximum Gasteiger partial charge on any atom is 0.0548 e. The van der Waals surface area contributed by atoms with Crippen molar-refractivity contribution in [3.8, 4) is 0 Å². The molecule has 1 nitrogen and oxygen atoms in total. The maximum atomic E-state index is 6.00. The Labute approximate surface area is 147 Å². The summed E-state index contributed by atoms with van der Waals surface area (Å²) in [5, 5.41) is 4.25. The third kappa shape index (κ3) is 5.12. The molecule has 0 aromatic heterocycles. The van der Waals surface area contributed by atoms with Gasteiger partial charge in [-0.15, -0.1) is 0 Å². The zero-order chi connectivity index (χ0) is 16.2. The van der Waals surface area contributed by atoms with Crippen LogP contribution in [0.25, 0.3) is 0 Å².